The molecule has 29 heavy (non-hydrogen) atoms. The highest BCUT2D eigenvalue weighted by Crippen LogP contribution is 2.33. The van der Waals surface area contributed by atoms with Crippen molar-refractivity contribution in [3.05, 3.63) is 50.4 Å². The van der Waals surface area contributed by atoms with Gasteiger partial charge >= 0.3 is 0 Å². The van der Waals surface area contributed by atoms with Gasteiger partial charge in [0.1, 0.15) is 10.7 Å². The summed E-state index contributed by atoms with van der Waals surface area (Å²) in [7, 11) is 2.02. The van der Waals surface area contributed by atoms with Crippen molar-refractivity contribution in [3.8, 4) is 11.5 Å². The number of H-pyrrole nitrogens is 1. The molecule has 1 atom stereocenters. The van der Waals surface area contributed by atoms with Gasteiger partial charge in [0.25, 0.3) is 5.56 Å². The van der Waals surface area contributed by atoms with E-state index >= 15 is 0 Å². The fourth-order valence-corrected chi connectivity index (χ4v) is 4.77. The predicted octanol–water partition coefficient (Wildman–Crippen LogP) is 4.24. The number of nitrogens with one attached hydrogen (secondary N) is 1. The van der Waals surface area contributed by atoms with Gasteiger partial charge < -0.3 is 14.5 Å². The second-order valence-electron chi connectivity index (χ2n) is 7.91. The van der Waals surface area contributed by atoms with Crippen LogP contribution in [0.2, 0.25) is 0 Å². The first-order valence-corrected chi connectivity index (χ1v) is 10.8. The molecule has 0 radical (unpaired) electrons. The molecule has 0 fully saturated rings. The van der Waals surface area contributed by atoms with Gasteiger partial charge in [0.15, 0.2) is 11.5 Å². The second kappa shape index (κ2) is 8.16. The van der Waals surface area contributed by atoms with Crippen LogP contribution in [0.3, 0.4) is 0 Å². The molecule has 3 aromatic rings. The molecule has 0 amide bonds. The largest absolute Gasteiger partial charge is 0.454 e. The minimum absolute atomic E-state index is 0.0240. The Labute approximate surface area is 174 Å². The first kappa shape index (κ1) is 19.9. The molecule has 1 N–H and O–H groups in total. The van der Waals surface area contributed by atoms with Crippen LogP contribution in [-0.4, -0.2) is 28.7 Å². The van der Waals surface area contributed by atoms with E-state index in [2.05, 4.69) is 30.7 Å². The van der Waals surface area contributed by atoms with Crippen molar-refractivity contribution in [1.82, 2.24) is 14.9 Å². The van der Waals surface area contributed by atoms with Crippen LogP contribution in [0.15, 0.2) is 23.0 Å². The Morgan fingerprint density at radius 2 is 2.07 bits per heavy atom. The lowest BCUT2D eigenvalue weighted by Crippen LogP contribution is -2.22. The molecule has 7 heteroatoms. The number of hydrogen-bond acceptors (Lipinski definition) is 6. The van der Waals surface area contributed by atoms with E-state index in [1.54, 1.807) is 11.3 Å². The van der Waals surface area contributed by atoms with E-state index in [-0.39, 0.29) is 12.4 Å². The van der Waals surface area contributed by atoms with Crippen molar-refractivity contribution in [1.29, 1.82) is 0 Å². The third-order valence-electron chi connectivity index (χ3n) is 5.47. The average molecular weight is 414 g/mol. The Bertz CT molecular complexity index is 1090. The fourth-order valence-electron chi connectivity index (χ4n) is 3.70. The second-order valence-corrected chi connectivity index (χ2v) is 9.11. The monoisotopic (exact) mass is 413 g/mol. The smallest absolute Gasteiger partial charge is 0.259 e. The molecule has 1 aliphatic heterocycles. The van der Waals surface area contributed by atoms with Gasteiger partial charge in [0, 0.05) is 11.4 Å². The van der Waals surface area contributed by atoms with Crippen LogP contribution < -0.4 is 15.0 Å². The van der Waals surface area contributed by atoms with Crippen LogP contribution in [0.4, 0.5) is 0 Å². The van der Waals surface area contributed by atoms with Gasteiger partial charge in [0.05, 0.1) is 11.9 Å². The normalized spacial score (nSPS) is 14.1. The number of thiophene rings is 1. The maximum atomic E-state index is 12.8. The third-order valence-corrected chi connectivity index (χ3v) is 6.51. The summed E-state index contributed by atoms with van der Waals surface area (Å²) in [6.07, 6.45) is 2.03. The molecule has 3 heterocycles. The summed E-state index contributed by atoms with van der Waals surface area (Å²) >= 11 is 1.62. The molecule has 2 aromatic heterocycles. The van der Waals surface area contributed by atoms with Crippen LogP contribution in [0.25, 0.3) is 10.2 Å². The molecule has 0 saturated carbocycles. The number of ether oxygens (including phenoxy) is 2. The van der Waals surface area contributed by atoms with Gasteiger partial charge in [-0.05, 0) is 49.6 Å². The number of aryl methyl sites for hydroxylation is 1. The maximum Gasteiger partial charge on any atom is 0.259 e. The van der Waals surface area contributed by atoms with E-state index < -0.39 is 0 Å². The molecule has 6 nitrogen and oxygen atoms in total. The van der Waals surface area contributed by atoms with Crippen molar-refractivity contribution in [3.63, 3.8) is 0 Å². The van der Waals surface area contributed by atoms with E-state index in [0.717, 1.165) is 52.2 Å². The topological polar surface area (TPSA) is 67.5 Å². The van der Waals surface area contributed by atoms with Crippen molar-refractivity contribution in [2.45, 2.75) is 46.7 Å². The molecule has 0 bridgehead atoms. The summed E-state index contributed by atoms with van der Waals surface area (Å²) in [6, 6.07) is 5.97. The Morgan fingerprint density at radius 3 is 2.86 bits per heavy atom. The molecular weight excluding hydrogens is 386 g/mol. The average Bonchev–Trinajstić information content (AvgIpc) is 3.25. The van der Waals surface area contributed by atoms with Crippen molar-refractivity contribution in [2.24, 2.45) is 5.92 Å². The summed E-state index contributed by atoms with van der Waals surface area (Å²) in [5.74, 6) is 2.82. The number of aromatic nitrogens is 2. The lowest BCUT2D eigenvalue weighted by molar-refractivity contribution is 0.174. The van der Waals surface area contributed by atoms with E-state index in [9.17, 15) is 4.79 Å². The predicted molar refractivity (Wildman–Crippen MR) is 116 cm³/mol. The quantitative estimate of drug-likeness (QED) is 0.627. The molecular formula is C22H27N3O3S. The minimum atomic E-state index is -0.0240. The van der Waals surface area contributed by atoms with Crippen LogP contribution in [0.5, 0.6) is 11.5 Å². The fraction of sp³-hybridized carbons (Fsp3) is 0.455. The number of fused-ring (bicyclic) bond motifs is 2. The van der Waals surface area contributed by atoms with E-state index in [0.29, 0.717) is 18.3 Å². The molecule has 154 valence electrons. The van der Waals surface area contributed by atoms with Crippen LogP contribution in [-0.2, 0) is 19.5 Å². The van der Waals surface area contributed by atoms with Crippen LogP contribution >= 0.6 is 11.3 Å². The zero-order chi connectivity index (χ0) is 20.5. The lowest BCUT2D eigenvalue weighted by atomic mass is 9.98. The highest BCUT2D eigenvalue weighted by Gasteiger charge is 2.18. The maximum absolute atomic E-state index is 12.8. The molecule has 0 aliphatic carbocycles. The Hall–Kier alpha value is -2.38. The molecule has 1 aromatic carbocycles. The van der Waals surface area contributed by atoms with Gasteiger partial charge in [0.2, 0.25) is 6.79 Å². The molecule has 0 saturated heterocycles. The summed E-state index contributed by atoms with van der Waals surface area (Å²) in [5, 5.41) is 0.773. The lowest BCUT2D eigenvalue weighted by Gasteiger charge is -2.16. The zero-order valence-electron chi connectivity index (χ0n) is 17.4. The van der Waals surface area contributed by atoms with Gasteiger partial charge in [-0.15, -0.1) is 11.3 Å². The standard InChI is InChI=1S/C22H27N3O3S/c1-5-13(2)8-16-14(3)29-22-20(16)21(26)23-19(24-22)11-25(4)10-15-6-7-17-18(9-15)28-12-27-17/h6-7,9,13H,5,8,10-12H2,1-4H3,(H,23,24,26)/t13-/m0/s1. The highest BCUT2D eigenvalue weighted by molar-refractivity contribution is 7.18. The summed E-state index contributed by atoms with van der Waals surface area (Å²) in [5.41, 5.74) is 2.26. The first-order chi connectivity index (χ1) is 13.9. The van der Waals surface area contributed by atoms with Gasteiger partial charge in [-0.1, -0.05) is 26.3 Å². The van der Waals surface area contributed by atoms with Crippen molar-refractivity contribution < 1.29 is 9.47 Å². The highest BCUT2D eigenvalue weighted by atomic mass is 32.1. The van der Waals surface area contributed by atoms with E-state index in [4.69, 9.17) is 14.5 Å². The molecule has 4 rings (SSSR count). The summed E-state index contributed by atoms with van der Waals surface area (Å²) < 4.78 is 10.8. The number of nitrogens with zero attached hydrogens (tertiary/aromatic N) is 2. The van der Waals surface area contributed by atoms with Crippen LogP contribution in [0.1, 0.15) is 42.1 Å². The molecule has 1 aliphatic rings. The van der Waals surface area contributed by atoms with Crippen LogP contribution in [0, 0.1) is 12.8 Å². The number of benzene rings is 1. The zero-order valence-corrected chi connectivity index (χ0v) is 18.2. The summed E-state index contributed by atoms with van der Waals surface area (Å²) in [4.78, 5) is 24.8. The summed E-state index contributed by atoms with van der Waals surface area (Å²) in [6.45, 7) is 8.07. The minimum Gasteiger partial charge on any atom is -0.454 e. The van der Waals surface area contributed by atoms with Gasteiger partial charge in [-0.3, -0.25) is 9.69 Å². The number of rotatable bonds is 7. The van der Waals surface area contributed by atoms with Crippen molar-refractivity contribution in [2.75, 3.05) is 13.8 Å². The van der Waals surface area contributed by atoms with E-state index in [1.807, 2.05) is 25.2 Å². The molecule has 0 spiro atoms. The van der Waals surface area contributed by atoms with Crippen molar-refractivity contribution >= 4 is 21.6 Å². The van der Waals surface area contributed by atoms with Gasteiger partial charge in [-0.2, -0.15) is 0 Å². The third kappa shape index (κ3) is 4.16. The Morgan fingerprint density at radius 1 is 1.28 bits per heavy atom. The Kier molecular flexibility index (Phi) is 5.61. The van der Waals surface area contributed by atoms with E-state index in [1.165, 1.54) is 4.88 Å². The number of hydrogen-bond donors (Lipinski definition) is 1. The SMILES string of the molecule is CC[C@H](C)Cc1c(C)sc2nc(CN(C)Cc3ccc4c(c3)OCO4)[nH]c(=O)c12. The Balaban J connectivity index is 1.53. The first-order valence-electron chi connectivity index (χ1n) is 10.0. The molecule has 0 unspecified atom stereocenters. The number of aromatic amines is 1. The van der Waals surface area contributed by atoms with Gasteiger partial charge in [-0.25, -0.2) is 4.98 Å².